The van der Waals surface area contributed by atoms with Gasteiger partial charge < -0.3 is 19.3 Å². The molecule has 1 aromatic rings. The average Bonchev–Trinajstić information content (AvgIpc) is 2.65. The molecule has 0 unspecified atom stereocenters. The third-order valence-corrected chi connectivity index (χ3v) is 4.33. The van der Waals surface area contributed by atoms with Crippen LogP contribution in [-0.2, 0) is 19.1 Å². The van der Waals surface area contributed by atoms with E-state index in [0.29, 0.717) is 31.5 Å². The summed E-state index contributed by atoms with van der Waals surface area (Å²) >= 11 is 0. The maximum Gasteiger partial charge on any atom is 0.338 e. The molecule has 0 spiro atoms. The second kappa shape index (κ2) is 8.50. The Bertz CT molecular complexity index is 619. The summed E-state index contributed by atoms with van der Waals surface area (Å²) in [5.41, 5.74) is 1.38. The third-order valence-electron chi connectivity index (χ3n) is 4.33. The number of esters is 2. The van der Waals surface area contributed by atoms with Gasteiger partial charge in [-0.1, -0.05) is 0 Å². The summed E-state index contributed by atoms with van der Waals surface area (Å²) in [5.74, 6) is -1.17. The minimum absolute atomic E-state index is 0.160. The van der Waals surface area contributed by atoms with Crippen molar-refractivity contribution in [3.05, 3.63) is 29.8 Å². The van der Waals surface area contributed by atoms with E-state index in [1.54, 1.807) is 17.0 Å². The number of methoxy groups -OCH3 is 1. The number of piperidine rings is 1. The van der Waals surface area contributed by atoms with Crippen LogP contribution >= 0.6 is 0 Å². The van der Waals surface area contributed by atoms with E-state index in [4.69, 9.17) is 9.47 Å². The smallest absolute Gasteiger partial charge is 0.338 e. The molecule has 1 aliphatic heterocycles. The molecule has 1 aromatic carbocycles. The van der Waals surface area contributed by atoms with Crippen LogP contribution in [0.15, 0.2) is 24.3 Å². The number of carbonyl (C=O) groups is 3. The van der Waals surface area contributed by atoms with Crippen molar-refractivity contribution in [2.45, 2.75) is 12.8 Å². The molecule has 1 fully saturated rings. The molecule has 2 rings (SSSR count). The van der Waals surface area contributed by atoms with Crippen LogP contribution in [0.1, 0.15) is 23.2 Å². The second-order valence-corrected chi connectivity index (χ2v) is 6.20. The Morgan fingerprint density at radius 3 is 2.24 bits per heavy atom. The van der Waals surface area contributed by atoms with Gasteiger partial charge in [-0.15, -0.1) is 0 Å². The Labute approximate surface area is 147 Å². The highest BCUT2D eigenvalue weighted by Gasteiger charge is 2.28. The van der Waals surface area contributed by atoms with E-state index in [1.807, 2.05) is 31.1 Å². The second-order valence-electron chi connectivity index (χ2n) is 6.20. The van der Waals surface area contributed by atoms with Gasteiger partial charge in [0.25, 0.3) is 5.91 Å². The van der Waals surface area contributed by atoms with E-state index in [0.717, 1.165) is 5.69 Å². The summed E-state index contributed by atoms with van der Waals surface area (Å²) in [5, 5.41) is 0. The number of carbonyl (C=O) groups excluding carboxylic acids is 3. The van der Waals surface area contributed by atoms with E-state index >= 15 is 0 Å². The lowest BCUT2D eigenvalue weighted by Gasteiger charge is -2.30. The quantitative estimate of drug-likeness (QED) is 0.747. The number of anilines is 1. The Hall–Kier alpha value is -2.57. The summed E-state index contributed by atoms with van der Waals surface area (Å²) in [6.45, 7) is 0.637. The van der Waals surface area contributed by atoms with Gasteiger partial charge in [-0.25, -0.2) is 4.79 Å². The Morgan fingerprint density at radius 2 is 1.72 bits per heavy atom. The molecule has 7 heteroatoms. The van der Waals surface area contributed by atoms with Crippen molar-refractivity contribution in [2.24, 2.45) is 5.92 Å². The van der Waals surface area contributed by atoms with Gasteiger partial charge in [-0.3, -0.25) is 9.59 Å². The molecule has 0 N–H and O–H groups in total. The summed E-state index contributed by atoms with van der Waals surface area (Å²) in [6, 6.07) is 6.97. The van der Waals surface area contributed by atoms with Crippen LogP contribution < -0.4 is 4.90 Å². The van der Waals surface area contributed by atoms with Crippen molar-refractivity contribution < 1.29 is 23.9 Å². The van der Waals surface area contributed by atoms with Crippen LogP contribution in [-0.4, -0.2) is 63.6 Å². The molecule has 0 radical (unpaired) electrons. The monoisotopic (exact) mass is 348 g/mol. The summed E-state index contributed by atoms with van der Waals surface area (Å²) in [7, 11) is 5.19. The van der Waals surface area contributed by atoms with E-state index in [2.05, 4.69) is 0 Å². The minimum Gasteiger partial charge on any atom is -0.469 e. The number of rotatable bonds is 5. The number of benzene rings is 1. The summed E-state index contributed by atoms with van der Waals surface area (Å²) in [6.07, 6.45) is 1.14. The lowest BCUT2D eigenvalue weighted by Crippen LogP contribution is -2.42. The lowest BCUT2D eigenvalue weighted by molar-refractivity contribution is -0.149. The number of ether oxygens (including phenoxy) is 2. The SMILES string of the molecule is COC(=O)C1CCN(C(=O)COC(=O)c2ccc(N(C)C)cc2)CC1. The van der Waals surface area contributed by atoms with Gasteiger partial charge in [0.15, 0.2) is 6.61 Å². The molecule has 0 bridgehead atoms. The zero-order valence-electron chi connectivity index (χ0n) is 14.9. The van der Waals surface area contributed by atoms with Crippen molar-refractivity contribution >= 4 is 23.5 Å². The van der Waals surface area contributed by atoms with Crippen molar-refractivity contribution in [1.29, 1.82) is 0 Å². The number of likely N-dealkylation sites (tertiary alicyclic amines) is 1. The number of nitrogens with zero attached hydrogens (tertiary/aromatic N) is 2. The fourth-order valence-corrected chi connectivity index (χ4v) is 2.73. The maximum atomic E-state index is 12.1. The molecule has 1 saturated heterocycles. The summed E-state index contributed by atoms with van der Waals surface area (Å²) in [4.78, 5) is 39.2. The number of hydrogen-bond donors (Lipinski definition) is 0. The maximum absolute atomic E-state index is 12.1. The Balaban J connectivity index is 1.80. The van der Waals surface area contributed by atoms with E-state index in [9.17, 15) is 14.4 Å². The first-order valence-electron chi connectivity index (χ1n) is 8.22. The predicted octanol–water partition coefficient (Wildman–Crippen LogP) is 1.32. The minimum atomic E-state index is -0.525. The highest BCUT2D eigenvalue weighted by Crippen LogP contribution is 2.18. The van der Waals surface area contributed by atoms with Crippen LogP contribution in [0.5, 0.6) is 0 Å². The van der Waals surface area contributed by atoms with Crippen molar-refractivity contribution in [1.82, 2.24) is 4.90 Å². The van der Waals surface area contributed by atoms with E-state index in [-0.39, 0.29) is 24.4 Å². The molecular formula is C18H24N2O5. The van der Waals surface area contributed by atoms with Gasteiger partial charge in [0, 0.05) is 32.9 Å². The van der Waals surface area contributed by atoms with Crippen LogP contribution in [0.25, 0.3) is 0 Å². The molecule has 136 valence electrons. The van der Waals surface area contributed by atoms with Crippen molar-refractivity contribution in [3.63, 3.8) is 0 Å². The summed E-state index contributed by atoms with van der Waals surface area (Å²) < 4.78 is 9.83. The average molecular weight is 348 g/mol. The molecule has 1 heterocycles. The van der Waals surface area contributed by atoms with Crippen LogP contribution in [0.3, 0.4) is 0 Å². The first-order chi connectivity index (χ1) is 11.9. The first kappa shape index (κ1) is 18.8. The molecule has 0 aliphatic carbocycles. The standard InChI is InChI=1S/C18H24N2O5/c1-19(2)15-6-4-13(5-7-15)18(23)25-12-16(21)20-10-8-14(9-11-20)17(22)24-3/h4-7,14H,8-12H2,1-3H3. The molecular weight excluding hydrogens is 324 g/mol. The zero-order valence-corrected chi connectivity index (χ0v) is 14.9. The zero-order chi connectivity index (χ0) is 18.4. The van der Waals surface area contributed by atoms with Crippen molar-refractivity contribution in [3.8, 4) is 0 Å². The third kappa shape index (κ3) is 4.95. The van der Waals surface area contributed by atoms with Crippen LogP contribution in [0.2, 0.25) is 0 Å². The van der Waals surface area contributed by atoms with Crippen LogP contribution in [0.4, 0.5) is 5.69 Å². The molecule has 0 atom stereocenters. The number of hydrogen-bond acceptors (Lipinski definition) is 6. The molecule has 25 heavy (non-hydrogen) atoms. The lowest BCUT2D eigenvalue weighted by atomic mass is 9.97. The molecule has 7 nitrogen and oxygen atoms in total. The highest BCUT2D eigenvalue weighted by molar-refractivity contribution is 5.91. The van der Waals surface area contributed by atoms with Gasteiger partial charge in [-0.2, -0.15) is 0 Å². The topological polar surface area (TPSA) is 76.1 Å². The van der Waals surface area contributed by atoms with Gasteiger partial charge in [0.2, 0.25) is 0 Å². The number of amides is 1. The fourth-order valence-electron chi connectivity index (χ4n) is 2.73. The van der Waals surface area contributed by atoms with E-state index in [1.165, 1.54) is 7.11 Å². The Kier molecular flexibility index (Phi) is 6.38. The van der Waals surface area contributed by atoms with Gasteiger partial charge >= 0.3 is 11.9 Å². The predicted molar refractivity (Wildman–Crippen MR) is 92.4 cm³/mol. The molecule has 0 aromatic heterocycles. The Morgan fingerprint density at radius 1 is 1.12 bits per heavy atom. The highest BCUT2D eigenvalue weighted by atomic mass is 16.5. The van der Waals surface area contributed by atoms with Gasteiger partial charge in [-0.05, 0) is 37.1 Å². The molecule has 1 amide bonds. The largest absolute Gasteiger partial charge is 0.469 e. The molecule has 0 saturated carbocycles. The van der Waals surface area contributed by atoms with E-state index < -0.39 is 5.97 Å². The normalized spacial score (nSPS) is 14.8. The fraction of sp³-hybridized carbons (Fsp3) is 0.500. The first-order valence-corrected chi connectivity index (χ1v) is 8.22. The van der Waals surface area contributed by atoms with Crippen LogP contribution in [0, 0.1) is 5.92 Å². The molecule has 1 aliphatic rings. The van der Waals surface area contributed by atoms with Gasteiger partial charge in [0.05, 0.1) is 18.6 Å². The van der Waals surface area contributed by atoms with Gasteiger partial charge in [0.1, 0.15) is 0 Å². The van der Waals surface area contributed by atoms with Crippen molar-refractivity contribution in [2.75, 3.05) is 45.8 Å².